The summed E-state index contributed by atoms with van der Waals surface area (Å²) in [6.07, 6.45) is 1.68. The number of rotatable bonds is 6. The highest BCUT2D eigenvalue weighted by molar-refractivity contribution is 5.75. The molecule has 0 N–H and O–H groups in total. The molecule has 1 aromatic rings. The van der Waals surface area contributed by atoms with Crippen LogP contribution >= 0.6 is 0 Å². The number of hydrogen-bond acceptors (Lipinski definition) is 3. The summed E-state index contributed by atoms with van der Waals surface area (Å²) in [5.41, 5.74) is 1.16. The molecule has 0 bridgehead atoms. The molecular weight excluding hydrogens is 317 g/mol. The van der Waals surface area contributed by atoms with Crippen LogP contribution in [0.25, 0.3) is 0 Å². The molecular formula is C20H32FN3O. The summed E-state index contributed by atoms with van der Waals surface area (Å²) in [6.45, 7) is 9.26. The Balaban J connectivity index is 1.99. The molecule has 1 fully saturated rings. The predicted octanol–water partition coefficient (Wildman–Crippen LogP) is 2.84. The van der Waals surface area contributed by atoms with E-state index in [2.05, 4.69) is 23.6 Å². The van der Waals surface area contributed by atoms with Gasteiger partial charge >= 0.3 is 0 Å². The van der Waals surface area contributed by atoms with E-state index in [1.165, 1.54) is 12.1 Å². The molecule has 25 heavy (non-hydrogen) atoms. The van der Waals surface area contributed by atoms with Crippen LogP contribution in [0.1, 0.15) is 32.3 Å². The third-order valence-corrected chi connectivity index (χ3v) is 5.04. The number of carbonyl (C=O) groups is 1. The maximum Gasteiger partial charge on any atom is 0.223 e. The van der Waals surface area contributed by atoms with E-state index in [0.29, 0.717) is 18.4 Å². The quantitative estimate of drug-likeness (QED) is 0.790. The lowest BCUT2D eigenvalue weighted by atomic mass is 10.0. The van der Waals surface area contributed by atoms with Crippen LogP contribution in [0.3, 0.4) is 0 Å². The number of benzene rings is 1. The van der Waals surface area contributed by atoms with Gasteiger partial charge in [0.05, 0.1) is 0 Å². The number of carbonyl (C=O) groups excluding carboxylic acids is 1. The summed E-state index contributed by atoms with van der Waals surface area (Å²) < 4.78 is 13.1. The second-order valence-corrected chi connectivity index (χ2v) is 7.60. The van der Waals surface area contributed by atoms with Crippen molar-refractivity contribution < 1.29 is 9.18 Å². The molecule has 1 heterocycles. The van der Waals surface area contributed by atoms with Crippen molar-refractivity contribution in [3.63, 3.8) is 0 Å². The molecule has 5 heteroatoms. The van der Waals surface area contributed by atoms with Crippen molar-refractivity contribution in [2.75, 3.05) is 40.3 Å². The zero-order valence-corrected chi connectivity index (χ0v) is 16.0. The van der Waals surface area contributed by atoms with E-state index in [1.54, 1.807) is 4.90 Å². The van der Waals surface area contributed by atoms with Gasteiger partial charge in [-0.3, -0.25) is 9.69 Å². The van der Waals surface area contributed by atoms with Gasteiger partial charge in [0.2, 0.25) is 5.91 Å². The van der Waals surface area contributed by atoms with Crippen LogP contribution < -0.4 is 0 Å². The van der Waals surface area contributed by atoms with E-state index in [1.807, 2.05) is 26.2 Å². The van der Waals surface area contributed by atoms with Gasteiger partial charge in [0.15, 0.2) is 0 Å². The zero-order valence-electron chi connectivity index (χ0n) is 16.0. The number of hydrogen-bond donors (Lipinski definition) is 0. The Morgan fingerprint density at radius 1 is 1.24 bits per heavy atom. The van der Waals surface area contributed by atoms with Crippen LogP contribution in [0, 0.1) is 11.7 Å². The molecule has 0 spiro atoms. The lowest BCUT2D eigenvalue weighted by Crippen LogP contribution is -2.44. The van der Waals surface area contributed by atoms with Crippen molar-refractivity contribution in [3.05, 3.63) is 35.6 Å². The summed E-state index contributed by atoms with van der Waals surface area (Å²) in [6, 6.07) is 7.28. The topological polar surface area (TPSA) is 26.8 Å². The molecule has 1 atom stereocenters. The van der Waals surface area contributed by atoms with Crippen LogP contribution in [0.2, 0.25) is 0 Å². The minimum atomic E-state index is -0.184. The van der Waals surface area contributed by atoms with Gasteiger partial charge in [-0.1, -0.05) is 26.0 Å². The SMILES string of the molecule is CC(C)[C@@H]1CN(CCC(=O)N(C)C)CCCN1Cc1ccc(F)cc1. The van der Waals surface area contributed by atoms with E-state index in [0.717, 1.165) is 44.7 Å². The lowest BCUT2D eigenvalue weighted by Gasteiger charge is -2.34. The third-order valence-electron chi connectivity index (χ3n) is 5.04. The summed E-state index contributed by atoms with van der Waals surface area (Å²) in [4.78, 5) is 18.5. The summed E-state index contributed by atoms with van der Waals surface area (Å²) in [7, 11) is 3.62. The highest BCUT2D eigenvalue weighted by atomic mass is 19.1. The normalized spacial score (nSPS) is 19.8. The monoisotopic (exact) mass is 349 g/mol. The average Bonchev–Trinajstić information content (AvgIpc) is 2.77. The smallest absolute Gasteiger partial charge is 0.223 e. The first kappa shape index (κ1) is 19.9. The van der Waals surface area contributed by atoms with Gasteiger partial charge in [-0.05, 0) is 36.6 Å². The molecule has 0 saturated carbocycles. The second kappa shape index (κ2) is 9.30. The van der Waals surface area contributed by atoms with Gasteiger partial charge in [-0.2, -0.15) is 0 Å². The molecule has 0 aliphatic carbocycles. The van der Waals surface area contributed by atoms with Crippen molar-refractivity contribution in [1.82, 2.24) is 14.7 Å². The molecule has 2 rings (SSSR count). The van der Waals surface area contributed by atoms with Crippen molar-refractivity contribution in [3.8, 4) is 0 Å². The van der Waals surface area contributed by atoms with Crippen molar-refractivity contribution in [1.29, 1.82) is 0 Å². The number of nitrogens with zero attached hydrogens (tertiary/aromatic N) is 3. The lowest BCUT2D eigenvalue weighted by molar-refractivity contribution is -0.129. The predicted molar refractivity (Wildman–Crippen MR) is 99.8 cm³/mol. The standard InChI is InChI=1S/C20H32FN3O/c1-16(2)19-15-23(13-10-20(25)22(3)4)11-5-12-24(19)14-17-6-8-18(21)9-7-17/h6-9,16,19H,5,10-15H2,1-4H3/t19-/m0/s1. The van der Waals surface area contributed by atoms with E-state index >= 15 is 0 Å². The summed E-state index contributed by atoms with van der Waals surface area (Å²) in [5.74, 6) is 0.538. The van der Waals surface area contributed by atoms with Crippen LogP contribution in [0.5, 0.6) is 0 Å². The first-order chi connectivity index (χ1) is 11.9. The molecule has 0 unspecified atom stereocenters. The van der Waals surface area contributed by atoms with Crippen LogP contribution in [-0.4, -0.2) is 66.9 Å². The van der Waals surface area contributed by atoms with E-state index in [-0.39, 0.29) is 11.7 Å². The van der Waals surface area contributed by atoms with Gasteiger partial charge < -0.3 is 9.80 Å². The van der Waals surface area contributed by atoms with E-state index in [4.69, 9.17) is 0 Å². The highest BCUT2D eigenvalue weighted by Gasteiger charge is 2.27. The Morgan fingerprint density at radius 2 is 1.92 bits per heavy atom. The van der Waals surface area contributed by atoms with Gasteiger partial charge in [0.1, 0.15) is 5.82 Å². The summed E-state index contributed by atoms with van der Waals surface area (Å²) >= 11 is 0. The Bertz CT molecular complexity index is 544. The molecule has 4 nitrogen and oxygen atoms in total. The Morgan fingerprint density at radius 3 is 2.52 bits per heavy atom. The minimum absolute atomic E-state index is 0.184. The minimum Gasteiger partial charge on any atom is -0.349 e. The molecule has 1 aromatic carbocycles. The Labute approximate surface area is 151 Å². The van der Waals surface area contributed by atoms with Gasteiger partial charge in [-0.25, -0.2) is 4.39 Å². The fourth-order valence-corrected chi connectivity index (χ4v) is 3.47. The number of amides is 1. The van der Waals surface area contributed by atoms with E-state index in [9.17, 15) is 9.18 Å². The van der Waals surface area contributed by atoms with Crippen LogP contribution in [0.15, 0.2) is 24.3 Å². The van der Waals surface area contributed by atoms with Gasteiger partial charge in [-0.15, -0.1) is 0 Å². The molecule has 140 valence electrons. The molecule has 1 aliphatic rings. The number of halogens is 1. The maximum absolute atomic E-state index is 13.1. The molecule has 1 aliphatic heterocycles. The summed E-state index contributed by atoms with van der Waals surface area (Å²) in [5, 5.41) is 0. The fraction of sp³-hybridized carbons (Fsp3) is 0.650. The van der Waals surface area contributed by atoms with Crippen molar-refractivity contribution >= 4 is 5.91 Å². The van der Waals surface area contributed by atoms with Crippen LogP contribution in [-0.2, 0) is 11.3 Å². The highest BCUT2D eigenvalue weighted by Crippen LogP contribution is 2.20. The largest absolute Gasteiger partial charge is 0.349 e. The van der Waals surface area contributed by atoms with Crippen molar-refractivity contribution in [2.45, 2.75) is 39.3 Å². The first-order valence-electron chi connectivity index (χ1n) is 9.28. The maximum atomic E-state index is 13.1. The van der Waals surface area contributed by atoms with Gasteiger partial charge in [0.25, 0.3) is 0 Å². The Kier molecular flexibility index (Phi) is 7.38. The molecule has 1 saturated heterocycles. The molecule has 1 amide bonds. The third kappa shape index (κ3) is 6.08. The van der Waals surface area contributed by atoms with Gasteiger partial charge in [0, 0.05) is 52.7 Å². The van der Waals surface area contributed by atoms with E-state index < -0.39 is 0 Å². The zero-order chi connectivity index (χ0) is 18.4. The molecule has 0 radical (unpaired) electrons. The Hall–Kier alpha value is -1.46. The second-order valence-electron chi connectivity index (χ2n) is 7.60. The average molecular weight is 349 g/mol. The first-order valence-corrected chi connectivity index (χ1v) is 9.28. The molecule has 0 aromatic heterocycles. The fourth-order valence-electron chi connectivity index (χ4n) is 3.47. The van der Waals surface area contributed by atoms with Crippen LogP contribution in [0.4, 0.5) is 4.39 Å². The van der Waals surface area contributed by atoms with Crippen molar-refractivity contribution in [2.24, 2.45) is 5.92 Å².